The molecule has 2 amide bonds. The van der Waals surface area contributed by atoms with E-state index in [1.54, 1.807) is 25.1 Å². The number of amides is 2. The van der Waals surface area contributed by atoms with Gasteiger partial charge in [0, 0.05) is 23.1 Å². The van der Waals surface area contributed by atoms with Crippen molar-refractivity contribution in [2.75, 3.05) is 13.2 Å². The second kappa shape index (κ2) is 12.3. The minimum Gasteiger partial charge on any atom is -0.483 e. The van der Waals surface area contributed by atoms with Gasteiger partial charge in [0.05, 0.1) is 0 Å². The summed E-state index contributed by atoms with van der Waals surface area (Å²) in [5.41, 5.74) is 1.58. The number of unbranched alkanes of at least 4 members (excludes halogenated alkanes) is 1. The van der Waals surface area contributed by atoms with Gasteiger partial charge in [-0.25, -0.2) is 0 Å². The summed E-state index contributed by atoms with van der Waals surface area (Å²) in [4.78, 5) is 27.5. The fourth-order valence-electron chi connectivity index (χ4n) is 3.39. The molecular weight excluding hydrogens is 459 g/mol. The average molecular weight is 493 g/mol. The van der Waals surface area contributed by atoms with Crippen molar-refractivity contribution in [1.82, 2.24) is 10.2 Å². The maximum absolute atomic E-state index is 13.3. The van der Waals surface area contributed by atoms with E-state index in [1.807, 2.05) is 24.3 Å². The molecule has 0 radical (unpaired) electrons. The maximum Gasteiger partial charge on any atom is 0.261 e. The Balaban J connectivity index is 2.23. The number of carbonyl (C=O) groups excluding carboxylic acids is 2. The van der Waals surface area contributed by atoms with Gasteiger partial charge in [-0.1, -0.05) is 81.6 Å². The Morgan fingerprint density at radius 2 is 1.82 bits per heavy atom. The summed E-state index contributed by atoms with van der Waals surface area (Å²) in [6.07, 6.45) is 1.85. The zero-order valence-electron chi connectivity index (χ0n) is 20.1. The Kier molecular flexibility index (Phi) is 10.1. The molecule has 0 aromatic heterocycles. The molecule has 0 heterocycles. The standard InChI is InChI=1S/C26H34Cl2N2O3/c1-6-7-14-29-25(32)18(2)30(16-19-12-13-20(27)15-22(19)28)24(31)17-33-23-11-9-8-10-21(23)26(3,4)5/h8-13,15,18H,6-7,14,16-17H2,1-5H3,(H,29,32). The van der Waals surface area contributed by atoms with E-state index < -0.39 is 6.04 Å². The van der Waals surface area contributed by atoms with E-state index in [-0.39, 0.29) is 30.4 Å². The van der Waals surface area contributed by atoms with Crippen LogP contribution in [0.2, 0.25) is 10.0 Å². The third kappa shape index (κ3) is 7.94. The first-order valence-corrected chi connectivity index (χ1v) is 12.0. The summed E-state index contributed by atoms with van der Waals surface area (Å²) in [5, 5.41) is 3.85. The summed E-state index contributed by atoms with van der Waals surface area (Å²) >= 11 is 12.4. The normalized spacial score (nSPS) is 12.2. The quantitative estimate of drug-likeness (QED) is 0.413. The van der Waals surface area contributed by atoms with Crippen LogP contribution in [0.4, 0.5) is 0 Å². The molecule has 0 aliphatic rings. The zero-order valence-corrected chi connectivity index (χ0v) is 21.6. The Bertz CT molecular complexity index is 957. The van der Waals surface area contributed by atoms with Crippen LogP contribution < -0.4 is 10.1 Å². The second-order valence-corrected chi connectivity index (χ2v) is 9.96. The minimum absolute atomic E-state index is 0.136. The van der Waals surface area contributed by atoms with Crippen molar-refractivity contribution >= 4 is 35.0 Å². The van der Waals surface area contributed by atoms with Crippen molar-refractivity contribution in [3.8, 4) is 5.75 Å². The van der Waals surface area contributed by atoms with Crippen molar-refractivity contribution in [2.45, 2.75) is 65.5 Å². The highest BCUT2D eigenvalue weighted by Gasteiger charge is 2.27. The van der Waals surface area contributed by atoms with Gasteiger partial charge in [-0.3, -0.25) is 9.59 Å². The number of hydrogen-bond donors (Lipinski definition) is 1. The molecule has 0 aliphatic heterocycles. The smallest absolute Gasteiger partial charge is 0.261 e. The van der Waals surface area contributed by atoms with Crippen LogP contribution in [0.1, 0.15) is 58.6 Å². The lowest BCUT2D eigenvalue weighted by atomic mass is 9.86. The van der Waals surface area contributed by atoms with Crippen LogP contribution in [0.25, 0.3) is 0 Å². The molecule has 33 heavy (non-hydrogen) atoms. The van der Waals surface area contributed by atoms with Crippen molar-refractivity contribution in [3.05, 3.63) is 63.6 Å². The van der Waals surface area contributed by atoms with Gasteiger partial charge in [0.1, 0.15) is 11.8 Å². The molecule has 2 rings (SSSR count). The van der Waals surface area contributed by atoms with Crippen LogP contribution in [0.3, 0.4) is 0 Å². The molecule has 2 aromatic rings. The summed E-state index contributed by atoms with van der Waals surface area (Å²) in [6.45, 7) is 10.6. The van der Waals surface area contributed by atoms with Gasteiger partial charge in [-0.05, 0) is 48.1 Å². The molecule has 1 unspecified atom stereocenters. The predicted molar refractivity (Wildman–Crippen MR) is 135 cm³/mol. The molecule has 1 N–H and O–H groups in total. The van der Waals surface area contributed by atoms with Crippen molar-refractivity contribution < 1.29 is 14.3 Å². The SMILES string of the molecule is CCCCNC(=O)C(C)N(Cc1ccc(Cl)cc1Cl)C(=O)COc1ccccc1C(C)(C)C. The summed E-state index contributed by atoms with van der Waals surface area (Å²) in [7, 11) is 0. The Labute approximate surface area is 207 Å². The number of para-hydroxylation sites is 1. The predicted octanol–water partition coefficient (Wildman–Crippen LogP) is 6.00. The van der Waals surface area contributed by atoms with E-state index >= 15 is 0 Å². The van der Waals surface area contributed by atoms with Gasteiger partial charge in [0.15, 0.2) is 6.61 Å². The fourth-order valence-corrected chi connectivity index (χ4v) is 3.85. The summed E-state index contributed by atoms with van der Waals surface area (Å²) in [6, 6.07) is 12.1. The van der Waals surface area contributed by atoms with Crippen LogP contribution in [-0.2, 0) is 21.5 Å². The Morgan fingerprint density at radius 1 is 1.12 bits per heavy atom. The van der Waals surface area contributed by atoms with E-state index in [4.69, 9.17) is 27.9 Å². The number of rotatable bonds is 10. The Hall–Kier alpha value is -2.24. The number of halogens is 2. The second-order valence-electron chi connectivity index (χ2n) is 9.11. The van der Waals surface area contributed by atoms with E-state index in [2.05, 4.69) is 33.0 Å². The highest BCUT2D eigenvalue weighted by atomic mass is 35.5. The van der Waals surface area contributed by atoms with Gasteiger partial charge in [-0.2, -0.15) is 0 Å². The number of nitrogens with zero attached hydrogens (tertiary/aromatic N) is 1. The first-order valence-electron chi connectivity index (χ1n) is 11.3. The molecule has 0 saturated heterocycles. The molecule has 1 atom stereocenters. The van der Waals surface area contributed by atoms with E-state index in [9.17, 15) is 9.59 Å². The fraction of sp³-hybridized carbons (Fsp3) is 0.462. The van der Waals surface area contributed by atoms with Gasteiger partial charge >= 0.3 is 0 Å². The van der Waals surface area contributed by atoms with Crippen LogP contribution in [-0.4, -0.2) is 35.9 Å². The summed E-state index contributed by atoms with van der Waals surface area (Å²) < 4.78 is 5.94. The lowest BCUT2D eigenvalue weighted by Gasteiger charge is -2.29. The number of hydrogen-bond acceptors (Lipinski definition) is 3. The van der Waals surface area contributed by atoms with Crippen LogP contribution in [0.5, 0.6) is 5.75 Å². The lowest BCUT2D eigenvalue weighted by molar-refractivity contribution is -0.142. The Morgan fingerprint density at radius 3 is 2.45 bits per heavy atom. The van der Waals surface area contributed by atoms with Gasteiger partial charge < -0.3 is 15.0 Å². The molecule has 0 saturated carbocycles. The minimum atomic E-state index is -0.692. The topological polar surface area (TPSA) is 58.6 Å². The third-order valence-electron chi connectivity index (χ3n) is 5.40. The molecule has 0 bridgehead atoms. The molecule has 5 nitrogen and oxygen atoms in total. The average Bonchev–Trinajstić information content (AvgIpc) is 2.76. The maximum atomic E-state index is 13.3. The molecule has 0 fully saturated rings. The van der Waals surface area contributed by atoms with E-state index in [1.165, 1.54) is 4.90 Å². The van der Waals surface area contributed by atoms with E-state index in [0.717, 1.165) is 18.4 Å². The zero-order chi connectivity index (χ0) is 24.6. The van der Waals surface area contributed by atoms with Crippen molar-refractivity contribution in [2.24, 2.45) is 0 Å². The highest BCUT2D eigenvalue weighted by molar-refractivity contribution is 6.35. The monoisotopic (exact) mass is 492 g/mol. The molecular formula is C26H34Cl2N2O3. The summed E-state index contributed by atoms with van der Waals surface area (Å²) in [5.74, 6) is 0.141. The number of benzene rings is 2. The number of carbonyl (C=O) groups is 2. The first kappa shape index (κ1) is 27.0. The van der Waals surface area contributed by atoms with Crippen molar-refractivity contribution in [1.29, 1.82) is 0 Å². The number of nitrogens with one attached hydrogen (secondary N) is 1. The highest BCUT2D eigenvalue weighted by Crippen LogP contribution is 2.31. The number of ether oxygens (including phenoxy) is 1. The third-order valence-corrected chi connectivity index (χ3v) is 5.99. The first-order chi connectivity index (χ1) is 15.5. The molecule has 180 valence electrons. The van der Waals surface area contributed by atoms with Crippen LogP contribution >= 0.6 is 23.2 Å². The van der Waals surface area contributed by atoms with Crippen LogP contribution in [0.15, 0.2) is 42.5 Å². The molecule has 2 aromatic carbocycles. The molecule has 0 aliphatic carbocycles. The van der Waals surface area contributed by atoms with Crippen molar-refractivity contribution in [3.63, 3.8) is 0 Å². The largest absolute Gasteiger partial charge is 0.483 e. The lowest BCUT2D eigenvalue weighted by Crippen LogP contribution is -2.49. The molecule has 7 heteroatoms. The van der Waals surface area contributed by atoms with E-state index in [0.29, 0.717) is 27.9 Å². The molecule has 0 spiro atoms. The van der Waals surface area contributed by atoms with Gasteiger partial charge in [-0.15, -0.1) is 0 Å². The van der Waals surface area contributed by atoms with Crippen LogP contribution in [0, 0.1) is 0 Å². The van der Waals surface area contributed by atoms with Gasteiger partial charge in [0.25, 0.3) is 5.91 Å². The van der Waals surface area contributed by atoms with Gasteiger partial charge in [0.2, 0.25) is 5.91 Å².